The first-order valence-electron chi connectivity index (χ1n) is 3.21. The van der Waals surface area contributed by atoms with Gasteiger partial charge < -0.3 is 4.90 Å². The van der Waals surface area contributed by atoms with Crippen LogP contribution >= 0.6 is 0 Å². The molecule has 0 N–H and O–H groups in total. The van der Waals surface area contributed by atoms with E-state index in [1.807, 2.05) is 0 Å². The second-order valence-corrected chi connectivity index (χ2v) is 2.31. The predicted molar refractivity (Wildman–Crippen MR) is 35.6 cm³/mol. The van der Waals surface area contributed by atoms with E-state index in [0.717, 1.165) is 0 Å². The molecule has 0 amide bonds. The molecule has 8 heavy (non-hydrogen) atoms. The zero-order valence-corrected chi connectivity index (χ0v) is 5.65. The zero-order chi connectivity index (χ0) is 5.98. The Balaban J connectivity index is 2.55. The minimum atomic E-state index is 1.25. The molecule has 0 aliphatic carbocycles. The highest BCUT2D eigenvalue weighted by atomic mass is 15.1. The largest absolute Gasteiger partial charge is 0.378 e. The Morgan fingerprint density at radius 3 is 2.62 bits per heavy atom. The molecular formula is C7H13N. The second kappa shape index (κ2) is 2.21. The number of rotatable bonds is 0. The Morgan fingerprint density at radius 2 is 2.38 bits per heavy atom. The first kappa shape index (κ1) is 5.67. The summed E-state index contributed by atoms with van der Waals surface area (Å²) in [6.07, 6.45) is 4.83. The van der Waals surface area contributed by atoms with Crippen LogP contribution in [-0.4, -0.2) is 18.5 Å². The molecule has 1 fully saturated rings. The van der Waals surface area contributed by atoms with Crippen LogP contribution in [-0.2, 0) is 0 Å². The van der Waals surface area contributed by atoms with Gasteiger partial charge in [-0.05, 0) is 19.8 Å². The van der Waals surface area contributed by atoms with Gasteiger partial charge in [-0.2, -0.15) is 0 Å². The third kappa shape index (κ3) is 0.857. The molecule has 0 atom stereocenters. The molecule has 0 spiro atoms. The van der Waals surface area contributed by atoms with Gasteiger partial charge in [-0.15, -0.1) is 0 Å². The number of hydrogen-bond donors (Lipinski definition) is 0. The van der Waals surface area contributed by atoms with Crippen molar-refractivity contribution in [3.05, 3.63) is 11.8 Å². The topological polar surface area (TPSA) is 3.24 Å². The van der Waals surface area contributed by atoms with Gasteiger partial charge in [0.1, 0.15) is 0 Å². The van der Waals surface area contributed by atoms with Gasteiger partial charge >= 0.3 is 0 Å². The molecule has 0 bridgehead atoms. The van der Waals surface area contributed by atoms with Crippen molar-refractivity contribution in [1.29, 1.82) is 0 Å². The van der Waals surface area contributed by atoms with Crippen LogP contribution in [0, 0.1) is 0 Å². The maximum Gasteiger partial charge on any atom is 0.0175 e. The second-order valence-electron chi connectivity index (χ2n) is 2.31. The van der Waals surface area contributed by atoms with E-state index in [2.05, 4.69) is 24.9 Å². The van der Waals surface area contributed by atoms with Crippen LogP contribution in [0.1, 0.15) is 19.8 Å². The van der Waals surface area contributed by atoms with Crippen molar-refractivity contribution < 1.29 is 0 Å². The van der Waals surface area contributed by atoms with Gasteiger partial charge in [-0.1, -0.05) is 6.08 Å². The van der Waals surface area contributed by atoms with E-state index in [4.69, 9.17) is 0 Å². The Kier molecular flexibility index (Phi) is 1.56. The van der Waals surface area contributed by atoms with Gasteiger partial charge in [0.05, 0.1) is 0 Å². The average Bonchev–Trinajstić information content (AvgIpc) is 2.14. The molecule has 1 heteroatoms. The average molecular weight is 111 g/mol. The summed E-state index contributed by atoms with van der Waals surface area (Å²) < 4.78 is 0. The first-order chi connectivity index (χ1) is 3.84. The Hall–Kier alpha value is -0.460. The van der Waals surface area contributed by atoms with Crippen molar-refractivity contribution in [2.24, 2.45) is 0 Å². The van der Waals surface area contributed by atoms with Crippen LogP contribution in [0.25, 0.3) is 0 Å². The van der Waals surface area contributed by atoms with E-state index in [1.165, 1.54) is 25.1 Å². The quantitative estimate of drug-likeness (QED) is 0.459. The lowest BCUT2D eigenvalue weighted by Crippen LogP contribution is -2.09. The third-order valence-electron chi connectivity index (χ3n) is 1.75. The van der Waals surface area contributed by atoms with Crippen molar-refractivity contribution in [2.75, 3.05) is 13.6 Å². The summed E-state index contributed by atoms with van der Waals surface area (Å²) in [5.41, 5.74) is 1.50. The van der Waals surface area contributed by atoms with Gasteiger partial charge in [0, 0.05) is 19.3 Å². The van der Waals surface area contributed by atoms with Crippen molar-refractivity contribution in [3.63, 3.8) is 0 Å². The summed E-state index contributed by atoms with van der Waals surface area (Å²) in [4.78, 5) is 2.32. The Morgan fingerprint density at radius 1 is 1.62 bits per heavy atom. The summed E-state index contributed by atoms with van der Waals surface area (Å²) in [6, 6.07) is 0. The Labute approximate surface area is 51.0 Å². The van der Waals surface area contributed by atoms with Crippen LogP contribution in [0.4, 0.5) is 0 Å². The van der Waals surface area contributed by atoms with Gasteiger partial charge in [-0.25, -0.2) is 0 Å². The van der Waals surface area contributed by atoms with Crippen molar-refractivity contribution >= 4 is 0 Å². The molecule has 0 aromatic rings. The van der Waals surface area contributed by atoms with Gasteiger partial charge in [0.25, 0.3) is 0 Å². The number of likely N-dealkylation sites (tertiary alicyclic amines) is 1. The molecule has 46 valence electrons. The fourth-order valence-corrected chi connectivity index (χ4v) is 1.20. The maximum atomic E-state index is 2.32. The summed E-state index contributed by atoms with van der Waals surface area (Å²) in [5.74, 6) is 0. The lowest BCUT2D eigenvalue weighted by Gasteiger charge is -2.10. The van der Waals surface area contributed by atoms with E-state index < -0.39 is 0 Å². The van der Waals surface area contributed by atoms with Crippen LogP contribution in [0.5, 0.6) is 0 Å². The highest BCUT2D eigenvalue weighted by Crippen LogP contribution is 2.17. The van der Waals surface area contributed by atoms with E-state index >= 15 is 0 Å². The fourth-order valence-electron chi connectivity index (χ4n) is 1.20. The SMILES string of the molecule is C/C=C1\CCCN1C. The third-order valence-corrected chi connectivity index (χ3v) is 1.75. The molecule has 0 unspecified atom stereocenters. The molecule has 0 aromatic heterocycles. The fraction of sp³-hybridized carbons (Fsp3) is 0.714. The number of allylic oxidation sites excluding steroid dienone is 2. The molecule has 1 nitrogen and oxygen atoms in total. The molecule has 0 radical (unpaired) electrons. The summed E-state index contributed by atoms with van der Waals surface area (Å²) in [6.45, 7) is 3.36. The van der Waals surface area contributed by atoms with Crippen LogP contribution < -0.4 is 0 Å². The van der Waals surface area contributed by atoms with E-state index in [0.29, 0.717) is 0 Å². The highest BCUT2D eigenvalue weighted by molar-refractivity contribution is 5.02. The zero-order valence-electron chi connectivity index (χ0n) is 5.65. The number of hydrogen-bond acceptors (Lipinski definition) is 1. The van der Waals surface area contributed by atoms with Gasteiger partial charge in [-0.3, -0.25) is 0 Å². The molecule has 0 aromatic carbocycles. The van der Waals surface area contributed by atoms with Crippen LogP contribution in [0.2, 0.25) is 0 Å². The summed E-state index contributed by atoms with van der Waals surface area (Å²) in [5, 5.41) is 0. The molecule has 0 saturated carbocycles. The smallest absolute Gasteiger partial charge is 0.0175 e. The molecule has 1 aliphatic rings. The number of nitrogens with zero attached hydrogens (tertiary/aromatic N) is 1. The Bertz CT molecular complexity index is 105. The first-order valence-corrected chi connectivity index (χ1v) is 3.21. The van der Waals surface area contributed by atoms with Crippen LogP contribution in [0.3, 0.4) is 0 Å². The van der Waals surface area contributed by atoms with Crippen LogP contribution in [0.15, 0.2) is 11.8 Å². The van der Waals surface area contributed by atoms with E-state index in [1.54, 1.807) is 0 Å². The predicted octanol–water partition coefficient (Wildman–Crippen LogP) is 1.62. The molecular weight excluding hydrogens is 98.1 g/mol. The van der Waals surface area contributed by atoms with E-state index in [-0.39, 0.29) is 0 Å². The van der Waals surface area contributed by atoms with Crippen molar-refractivity contribution in [1.82, 2.24) is 4.90 Å². The maximum absolute atomic E-state index is 2.32. The van der Waals surface area contributed by atoms with Gasteiger partial charge in [0.2, 0.25) is 0 Å². The summed E-state index contributed by atoms with van der Waals surface area (Å²) >= 11 is 0. The minimum Gasteiger partial charge on any atom is -0.378 e. The van der Waals surface area contributed by atoms with Crippen molar-refractivity contribution in [3.8, 4) is 0 Å². The minimum absolute atomic E-state index is 1.25. The monoisotopic (exact) mass is 111 g/mol. The lowest BCUT2D eigenvalue weighted by molar-refractivity contribution is 0.480. The molecule has 1 aliphatic heterocycles. The normalized spacial score (nSPS) is 25.2. The van der Waals surface area contributed by atoms with Crippen molar-refractivity contribution in [2.45, 2.75) is 19.8 Å². The molecule has 1 saturated heterocycles. The lowest BCUT2D eigenvalue weighted by atomic mass is 10.3. The molecule has 1 heterocycles. The van der Waals surface area contributed by atoms with E-state index in [9.17, 15) is 0 Å². The molecule has 1 rings (SSSR count). The van der Waals surface area contributed by atoms with Gasteiger partial charge in [0.15, 0.2) is 0 Å². The standard InChI is InChI=1S/C7H13N/c1-3-7-5-4-6-8(7)2/h3H,4-6H2,1-2H3/b7-3+. The summed E-state index contributed by atoms with van der Waals surface area (Å²) in [7, 11) is 2.16. The highest BCUT2D eigenvalue weighted by Gasteiger charge is 2.09.